The SMILES string of the molecule is Cl.c1ccc(OCc2nc(C3CCNCC3)n[nH]2)cc1. The number of H-pyrrole nitrogens is 1. The Kier molecular flexibility index (Phi) is 5.38. The minimum Gasteiger partial charge on any atom is -0.486 e. The van der Waals surface area contributed by atoms with E-state index in [1.807, 2.05) is 30.3 Å². The molecular formula is C14H19ClN4O. The van der Waals surface area contributed by atoms with Crippen LogP contribution < -0.4 is 10.1 Å². The predicted molar refractivity (Wildman–Crippen MR) is 79.2 cm³/mol. The van der Waals surface area contributed by atoms with Crippen LogP contribution in [-0.4, -0.2) is 28.3 Å². The second-order valence-electron chi connectivity index (χ2n) is 4.77. The molecule has 1 fully saturated rings. The minimum absolute atomic E-state index is 0. The Balaban J connectivity index is 0.00000147. The number of rotatable bonds is 4. The van der Waals surface area contributed by atoms with Crippen molar-refractivity contribution in [3.63, 3.8) is 0 Å². The third-order valence-electron chi connectivity index (χ3n) is 3.37. The Morgan fingerprint density at radius 3 is 2.65 bits per heavy atom. The van der Waals surface area contributed by atoms with E-state index in [1.165, 1.54) is 0 Å². The maximum absolute atomic E-state index is 5.65. The summed E-state index contributed by atoms with van der Waals surface area (Å²) in [4.78, 5) is 4.53. The summed E-state index contributed by atoms with van der Waals surface area (Å²) in [5.41, 5.74) is 0. The van der Waals surface area contributed by atoms with Gasteiger partial charge in [0.2, 0.25) is 0 Å². The van der Waals surface area contributed by atoms with Crippen LogP contribution in [0.25, 0.3) is 0 Å². The summed E-state index contributed by atoms with van der Waals surface area (Å²) in [6.07, 6.45) is 2.22. The molecule has 6 heteroatoms. The first kappa shape index (κ1) is 14.8. The molecule has 2 heterocycles. The van der Waals surface area contributed by atoms with Gasteiger partial charge in [0.05, 0.1) is 0 Å². The molecule has 1 aromatic heterocycles. The Bertz CT molecular complexity index is 511. The first-order valence-electron chi connectivity index (χ1n) is 6.71. The van der Waals surface area contributed by atoms with Gasteiger partial charge in [-0.15, -0.1) is 12.4 Å². The molecule has 0 aliphatic carbocycles. The third-order valence-corrected chi connectivity index (χ3v) is 3.37. The van der Waals surface area contributed by atoms with Crippen LogP contribution in [0.1, 0.15) is 30.4 Å². The van der Waals surface area contributed by atoms with E-state index in [4.69, 9.17) is 4.74 Å². The van der Waals surface area contributed by atoms with Gasteiger partial charge in [0, 0.05) is 5.92 Å². The molecule has 0 atom stereocenters. The summed E-state index contributed by atoms with van der Waals surface area (Å²) in [5.74, 6) is 3.04. The van der Waals surface area contributed by atoms with Gasteiger partial charge in [-0.1, -0.05) is 18.2 Å². The summed E-state index contributed by atoms with van der Waals surface area (Å²) in [6.45, 7) is 2.53. The molecule has 2 aromatic rings. The standard InChI is InChI=1S/C14H18N4O.ClH/c1-2-4-12(5-3-1)19-10-13-16-14(18-17-13)11-6-8-15-9-7-11;/h1-5,11,15H,6-10H2,(H,16,17,18);1H. The normalized spacial score (nSPS) is 15.6. The van der Waals surface area contributed by atoms with Crippen molar-refractivity contribution in [2.75, 3.05) is 13.1 Å². The van der Waals surface area contributed by atoms with Crippen molar-refractivity contribution >= 4 is 12.4 Å². The summed E-state index contributed by atoms with van der Waals surface area (Å²) in [6, 6.07) is 9.75. The summed E-state index contributed by atoms with van der Waals surface area (Å²) in [7, 11) is 0. The molecule has 5 nitrogen and oxygen atoms in total. The molecule has 108 valence electrons. The molecule has 1 saturated heterocycles. The zero-order valence-corrected chi connectivity index (χ0v) is 12.0. The number of aromatic nitrogens is 3. The summed E-state index contributed by atoms with van der Waals surface area (Å²) in [5, 5.41) is 10.6. The fraction of sp³-hybridized carbons (Fsp3) is 0.429. The summed E-state index contributed by atoms with van der Waals surface area (Å²) < 4.78 is 5.65. The first-order valence-corrected chi connectivity index (χ1v) is 6.71. The fourth-order valence-corrected chi connectivity index (χ4v) is 2.31. The maximum atomic E-state index is 5.65. The van der Waals surface area contributed by atoms with Crippen LogP contribution >= 0.6 is 12.4 Å². The van der Waals surface area contributed by atoms with E-state index in [1.54, 1.807) is 0 Å². The lowest BCUT2D eigenvalue weighted by atomic mass is 9.98. The number of aromatic amines is 1. The number of halogens is 1. The molecule has 1 aliphatic rings. The highest BCUT2D eigenvalue weighted by atomic mass is 35.5. The molecule has 0 amide bonds. The van der Waals surface area contributed by atoms with Crippen LogP contribution in [-0.2, 0) is 6.61 Å². The third kappa shape index (κ3) is 3.71. The molecule has 20 heavy (non-hydrogen) atoms. The Morgan fingerprint density at radius 2 is 1.90 bits per heavy atom. The average Bonchev–Trinajstić information content (AvgIpc) is 2.96. The Hall–Kier alpha value is -1.59. The predicted octanol–water partition coefficient (Wildman–Crippen LogP) is 2.27. The molecule has 0 unspecified atom stereocenters. The molecular weight excluding hydrogens is 276 g/mol. The molecule has 0 saturated carbocycles. The van der Waals surface area contributed by atoms with Crippen LogP contribution in [0.4, 0.5) is 0 Å². The summed E-state index contributed by atoms with van der Waals surface area (Å²) >= 11 is 0. The van der Waals surface area contributed by atoms with Gasteiger partial charge in [-0.2, -0.15) is 5.10 Å². The smallest absolute Gasteiger partial charge is 0.162 e. The lowest BCUT2D eigenvalue weighted by Crippen LogP contribution is -2.27. The van der Waals surface area contributed by atoms with Crippen LogP contribution in [0.2, 0.25) is 0 Å². The molecule has 0 spiro atoms. The van der Waals surface area contributed by atoms with Gasteiger partial charge in [-0.05, 0) is 38.1 Å². The van der Waals surface area contributed by atoms with Crippen molar-refractivity contribution in [3.8, 4) is 5.75 Å². The number of nitrogens with zero attached hydrogens (tertiary/aromatic N) is 2. The van der Waals surface area contributed by atoms with Gasteiger partial charge in [-0.3, -0.25) is 5.10 Å². The van der Waals surface area contributed by atoms with Crippen LogP contribution in [0, 0.1) is 0 Å². The Labute approximate surface area is 124 Å². The van der Waals surface area contributed by atoms with E-state index in [9.17, 15) is 0 Å². The molecule has 0 bridgehead atoms. The number of piperidine rings is 1. The molecule has 0 radical (unpaired) electrons. The van der Waals surface area contributed by atoms with Crippen molar-refractivity contribution in [2.45, 2.75) is 25.4 Å². The van der Waals surface area contributed by atoms with Gasteiger partial charge in [0.25, 0.3) is 0 Å². The highest BCUT2D eigenvalue weighted by Crippen LogP contribution is 2.21. The number of para-hydroxylation sites is 1. The largest absolute Gasteiger partial charge is 0.486 e. The van der Waals surface area contributed by atoms with Crippen molar-refractivity contribution in [2.24, 2.45) is 0 Å². The van der Waals surface area contributed by atoms with E-state index in [2.05, 4.69) is 20.5 Å². The second-order valence-corrected chi connectivity index (χ2v) is 4.77. The van der Waals surface area contributed by atoms with Crippen LogP contribution in [0.5, 0.6) is 5.75 Å². The average molecular weight is 295 g/mol. The molecule has 1 aromatic carbocycles. The number of hydrogen-bond acceptors (Lipinski definition) is 4. The molecule has 1 aliphatic heterocycles. The van der Waals surface area contributed by atoms with Crippen molar-refractivity contribution in [1.29, 1.82) is 0 Å². The van der Waals surface area contributed by atoms with Crippen molar-refractivity contribution in [1.82, 2.24) is 20.5 Å². The zero-order valence-electron chi connectivity index (χ0n) is 11.2. The first-order chi connectivity index (χ1) is 9.42. The van der Waals surface area contributed by atoms with Gasteiger partial charge in [0.15, 0.2) is 11.6 Å². The maximum Gasteiger partial charge on any atom is 0.162 e. The van der Waals surface area contributed by atoms with Crippen molar-refractivity contribution in [3.05, 3.63) is 42.0 Å². The second kappa shape index (κ2) is 7.26. The fourth-order valence-electron chi connectivity index (χ4n) is 2.31. The number of benzene rings is 1. The Morgan fingerprint density at radius 1 is 1.15 bits per heavy atom. The molecule has 3 rings (SSSR count). The van der Waals surface area contributed by atoms with E-state index < -0.39 is 0 Å². The monoisotopic (exact) mass is 294 g/mol. The van der Waals surface area contributed by atoms with E-state index in [0.717, 1.165) is 43.3 Å². The highest BCUT2D eigenvalue weighted by molar-refractivity contribution is 5.85. The van der Waals surface area contributed by atoms with E-state index >= 15 is 0 Å². The van der Waals surface area contributed by atoms with Crippen LogP contribution in [0.15, 0.2) is 30.3 Å². The lowest BCUT2D eigenvalue weighted by molar-refractivity contribution is 0.296. The van der Waals surface area contributed by atoms with Gasteiger partial charge < -0.3 is 10.1 Å². The van der Waals surface area contributed by atoms with Crippen molar-refractivity contribution < 1.29 is 4.74 Å². The topological polar surface area (TPSA) is 62.8 Å². The number of hydrogen-bond donors (Lipinski definition) is 2. The lowest BCUT2D eigenvalue weighted by Gasteiger charge is -2.19. The van der Waals surface area contributed by atoms with E-state index in [-0.39, 0.29) is 12.4 Å². The van der Waals surface area contributed by atoms with Crippen LogP contribution in [0.3, 0.4) is 0 Å². The quantitative estimate of drug-likeness (QED) is 0.908. The van der Waals surface area contributed by atoms with E-state index in [0.29, 0.717) is 12.5 Å². The zero-order chi connectivity index (χ0) is 12.9. The number of nitrogens with one attached hydrogen (secondary N) is 2. The van der Waals surface area contributed by atoms with Gasteiger partial charge in [0.1, 0.15) is 12.4 Å². The number of ether oxygens (including phenoxy) is 1. The highest BCUT2D eigenvalue weighted by Gasteiger charge is 2.19. The van der Waals surface area contributed by atoms with Gasteiger partial charge in [-0.25, -0.2) is 4.98 Å². The van der Waals surface area contributed by atoms with Gasteiger partial charge >= 0.3 is 0 Å². The molecule has 2 N–H and O–H groups in total. The minimum atomic E-state index is 0.